The SMILES string of the molecule is O=c1c(S(=O)(=O)N2CCC3(CC2)C[C@@H](NCCCOc2cccc(NS(=O)[O-])c2)CO3)c[nH]c2ccccc12. The molecule has 0 bridgehead atoms. The van der Waals surface area contributed by atoms with Gasteiger partial charge in [-0.25, -0.2) is 8.42 Å². The summed E-state index contributed by atoms with van der Waals surface area (Å²) in [6.45, 7) is 2.33. The van der Waals surface area contributed by atoms with E-state index in [2.05, 4.69) is 15.0 Å². The van der Waals surface area contributed by atoms with Crippen LogP contribution in [-0.2, 0) is 26.0 Å². The van der Waals surface area contributed by atoms with Crippen molar-refractivity contribution in [1.82, 2.24) is 14.6 Å². The number of ether oxygens (including phenoxy) is 2. The number of rotatable bonds is 10. The molecule has 3 heterocycles. The van der Waals surface area contributed by atoms with Crippen LogP contribution in [0.2, 0.25) is 0 Å². The Morgan fingerprint density at radius 1 is 1.18 bits per heavy atom. The van der Waals surface area contributed by atoms with Gasteiger partial charge < -0.3 is 29.0 Å². The molecule has 0 aliphatic carbocycles. The Kier molecular flexibility index (Phi) is 8.35. The first-order valence-electron chi connectivity index (χ1n) is 12.8. The molecule has 2 fully saturated rings. The zero-order valence-corrected chi connectivity index (χ0v) is 22.9. The number of hydrogen-bond acceptors (Lipinski definition) is 8. The summed E-state index contributed by atoms with van der Waals surface area (Å²) in [5.41, 5.74) is 0.184. The Bertz CT molecular complexity index is 1500. The Morgan fingerprint density at radius 3 is 2.77 bits per heavy atom. The minimum Gasteiger partial charge on any atom is -0.755 e. The Labute approximate surface area is 229 Å². The average molecular weight is 576 g/mol. The highest BCUT2D eigenvalue weighted by Crippen LogP contribution is 2.37. The second-order valence-corrected chi connectivity index (χ2v) is 12.4. The first-order valence-corrected chi connectivity index (χ1v) is 15.3. The van der Waals surface area contributed by atoms with Gasteiger partial charge in [-0.3, -0.25) is 9.00 Å². The zero-order valence-electron chi connectivity index (χ0n) is 21.3. The van der Waals surface area contributed by atoms with E-state index in [0.29, 0.717) is 61.5 Å². The summed E-state index contributed by atoms with van der Waals surface area (Å²) in [4.78, 5) is 15.6. The lowest BCUT2D eigenvalue weighted by Gasteiger charge is -2.37. The van der Waals surface area contributed by atoms with Gasteiger partial charge in [0.25, 0.3) is 0 Å². The molecule has 0 radical (unpaired) electrons. The van der Waals surface area contributed by atoms with Crippen molar-refractivity contribution in [2.45, 2.75) is 42.2 Å². The van der Waals surface area contributed by atoms with Crippen LogP contribution in [0.3, 0.4) is 0 Å². The summed E-state index contributed by atoms with van der Waals surface area (Å²) < 4.78 is 63.7. The second-order valence-electron chi connectivity index (χ2n) is 9.85. The first-order chi connectivity index (χ1) is 18.8. The molecule has 2 aromatic carbocycles. The molecule has 2 saturated heterocycles. The van der Waals surface area contributed by atoms with Crippen LogP contribution in [0.1, 0.15) is 25.7 Å². The van der Waals surface area contributed by atoms with Crippen molar-refractivity contribution in [1.29, 1.82) is 0 Å². The highest BCUT2D eigenvalue weighted by molar-refractivity contribution is 7.89. The smallest absolute Gasteiger partial charge is 0.248 e. The number of pyridine rings is 1. The standard InChI is InChI=1S/C26H32N4O7S2/c31-25-22-7-1-2-8-23(22)28-17-24(25)39(34,35)30-12-9-26(10-13-30)16-20(18-37-26)27-11-4-14-36-21-6-3-5-19(15-21)29-38(32)33/h1-3,5-8,15,17,20,27,29H,4,9-14,16,18H2,(H,28,31)(H,32,33)/p-1/t20-/m1/s1. The van der Waals surface area contributed by atoms with Crippen molar-refractivity contribution in [2.75, 3.05) is 37.6 Å². The summed E-state index contributed by atoms with van der Waals surface area (Å²) in [5, 5.41) is 3.85. The van der Waals surface area contributed by atoms with E-state index in [1.807, 2.05) is 0 Å². The molecule has 5 rings (SSSR count). The van der Waals surface area contributed by atoms with Crippen molar-refractivity contribution < 1.29 is 26.7 Å². The molecule has 2 aliphatic heterocycles. The highest BCUT2D eigenvalue weighted by Gasteiger charge is 2.45. The normalized spacial score (nSPS) is 20.3. The van der Waals surface area contributed by atoms with E-state index in [0.717, 1.165) is 19.4 Å². The fourth-order valence-electron chi connectivity index (χ4n) is 5.25. The molecule has 3 aromatic rings. The number of nitrogens with zero attached hydrogens (tertiary/aromatic N) is 1. The molecule has 39 heavy (non-hydrogen) atoms. The lowest BCUT2D eigenvalue weighted by molar-refractivity contribution is -0.0311. The number of sulfonamides is 1. The number of aromatic amines is 1. The number of para-hydroxylation sites is 1. The van der Waals surface area contributed by atoms with Crippen LogP contribution in [0.4, 0.5) is 5.69 Å². The van der Waals surface area contributed by atoms with Gasteiger partial charge >= 0.3 is 0 Å². The minimum absolute atomic E-state index is 0.163. The molecule has 0 saturated carbocycles. The largest absolute Gasteiger partial charge is 0.755 e. The lowest BCUT2D eigenvalue weighted by Crippen LogP contribution is -2.47. The number of anilines is 1. The number of nitrogens with one attached hydrogen (secondary N) is 3. The minimum atomic E-state index is -3.93. The fourth-order valence-corrected chi connectivity index (χ4v) is 7.06. The van der Waals surface area contributed by atoms with Gasteiger partial charge in [0.15, 0.2) is 0 Å². The summed E-state index contributed by atoms with van der Waals surface area (Å²) >= 11 is -2.39. The van der Waals surface area contributed by atoms with Gasteiger partial charge in [-0.2, -0.15) is 4.31 Å². The van der Waals surface area contributed by atoms with Crippen LogP contribution in [0.15, 0.2) is 64.4 Å². The van der Waals surface area contributed by atoms with Crippen molar-refractivity contribution in [3.63, 3.8) is 0 Å². The van der Waals surface area contributed by atoms with E-state index in [9.17, 15) is 22.0 Å². The predicted molar refractivity (Wildman–Crippen MR) is 147 cm³/mol. The maximum absolute atomic E-state index is 13.3. The maximum Gasteiger partial charge on any atom is 0.248 e. The summed E-state index contributed by atoms with van der Waals surface area (Å²) in [6, 6.07) is 13.8. The van der Waals surface area contributed by atoms with E-state index in [1.54, 1.807) is 48.5 Å². The quantitative estimate of drug-likeness (QED) is 0.245. The lowest BCUT2D eigenvalue weighted by atomic mass is 9.88. The van der Waals surface area contributed by atoms with Crippen molar-refractivity contribution >= 4 is 37.9 Å². The van der Waals surface area contributed by atoms with Gasteiger partial charge in [-0.1, -0.05) is 18.2 Å². The molecule has 2 aliphatic rings. The van der Waals surface area contributed by atoms with E-state index < -0.39 is 26.7 Å². The fraction of sp³-hybridized carbons (Fsp3) is 0.423. The Balaban J connectivity index is 1.08. The molecule has 2 atom stereocenters. The number of benzene rings is 2. The molecular weight excluding hydrogens is 544 g/mol. The van der Waals surface area contributed by atoms with Crippen molar-refractivity contribution in [2.24, 2.45) is 0 Å². The molecule has 1 aromatic heterocycles. The van der Waals surface area contributed by atoms with Gasteiger partial charge in [-0.15, -0.1) is 0 Å². The van der Waals surface area contributed by atoms with Crippen LogP contribution in [0.5, 0.6) is 5.75 Å². The first kappa shape index (κ1) is 27.7. The summed E-state index contributed by atoms with van der Waals surface area (Å²) in [5.74, 6) is 0.584. The Morgan fingerprint density at radius 2 is 1.97 bits per heavy atom. The van der Waals surface area contributed by atoms with Gasteiger partial charge in [0, 0.05) is 59.3 Å². The second kappa shape index (κ2) is 11.7. The van der Waals surface area contributed by atoms with E-state index >= 15 is 0 Å². The zero-order chi connectivity index (χ0) is 27.5. The Hall–Kier alpha value is -2.81. The topological polar surface area (TPSA) is 153 Å². The van der Waals surface area contributed by atoms with E-state index in [-0.39, 0.29) is 16.5 Å². The molecule has 1 unspecified atom stereocenters. The number of hydrogen-bond donors (Lipinski definition) is 3. The van der Waals surface area contributed by atoms with Crippen LogP contribution in [-0.4, -0.2) is 71.0 Å². The van der Waals surface area contributed by atoms with Gasteiger partial charge in [0.1, 0.15) is 10.6 Å². The molecule has 11 nitrogen and oxygen atoms in total. The van der Waals surface area contributed by atoms with Crippen LogP contribution in [0, 0.1) is 0 Å². The third kappa shape index (κ3) is 6.34. The molecule has 0 amide bonds. The molecule has 13 heteroatoms. The summed E-state index contributed by atoms with van der Waals surface area (Å²) in [6.07, 6.45) is 3.97. The molecule has 1 spiro atoms. The third-order valence-electron chi connectivity index (χ3n) is 7.27. The van der Waals surface area contributed by atoms with Crippen LogP contribution < -0.4 is 20.2 Å². The van der Waals surface area contributed by atoms with Gasteiger partial charge in [-0.05, 0) is 56.5 Å². The molecular formula is C26H31N4O7S2-. The van der Waals surface area contributed by atoms with E-state index in [1.165, 1.54) is 10.5 Å². The van der Waals surface area contributed by atoms with E-state index in [4.69, 9.17) is 9.47 Å². The summed E-state index contributed by atoms with van der Waals surface area (Å²) in [7, 11) is -3.93. The highest BCUT2D eigenvalue weighted by atomic mass is 32.2. The number of aromatic nitrogens is 1. The van der Waals surface area contributed by atoms with Crippen LogP contribution >= 0.6 is 0 Å². The average Bonchev–Trinajstić information content (AvgIpc) is 3.30. The number of H-pyrrole nitrogens is 1. The monoisotopic (exact) mass is 575 g/mol. The molecule has 3 N–H and O–H groups in total. The van der Waals surface area contributed by atoms with Gasteiger partial charge in [0.2, 0.25) is 15.5 Å². The molecule has 210 valence electrons. The number of fused-ring (bicyclic) bond motifs is 1. The number of piperidine rings is 1. The van der Waals surface area contributed by atoms with Crippen molar-refractivity contribution in [3.05, 3.63) is 65.0 Å². The third-order valence-corrected chi connectivity index (χ3v) is 9.58. The predicted octanol–water partition coefficient (Wildman–Crippen LogP) is 2.11. The van der Waals surface area contributed by atoms with Crippen molar-refractivity contribution in [3.8, 4) is 5.75 Å². The van der Waals surface area contributed by atoms with Gasteiger partial charge in [0.05, 0.1) is 18.8 Å². The van der Waals surface area contributed by atoms with Crippen LogP contribution in [0.25, 0.3) is 10.9 Å². The maximum atomic E-state index is 13.3.